The molecular formula is C17H25BrN4O2S. The first kappa shape index (κ1) is 18.7. The number of hydrogen-bond donors (Lipinski definition) is 1. The van der Waals surface area contributed by atoms with E-state index in [9.17, 15) is 4.79 Å². The lowest BCUT2D eigenvalue weighted by atomic mass is 10.2. The predicted molar refractivity (Wildman–Crippen MR) is 104 cm³/mol. The highest BCUT2D eigenvalue weighted by atomic mass is 79.9. The van der Waals surface area contributed by atoms with E-state index in [1.54, 1.807) is 11.3 Å². The summed E-state index contributed by atoms with van der Waals surface area (Å²) in [5.41, 5.74) is 0. The van der Waals surface area contributed by atoms with Crippen molar-refractivity contribution in [1.29, 1.82) is 0 Å². The van der Waals surface area contributed by atoms with Gasteiger partial charge in [0.1, 0.15) is 6.10 Å². The number of rotatable bonds is 4. The Kier molecular flexibility index (Phi) is 6.72. The molecule has 0 saturated carbocycles. The molecule has 2 saturated heterocycles. The van der Waals surface area contributed by atoms with Crippen molar-refractivity contribution < 1.29 is 9.53 Å². The van der Waals surface area contributed by atoms with Crippen LogP contribution in [0, 0.1) is 0 Å². The molecule has 1 N–H and O–H groups in total. The molecule has 0 aromatic carbocycles. The van der Waals surface area contributed by atoms with Crippen LogP contribution in [0.25, 0.3) is 0 Å². The second-order valence-corrected chi connectivity index (χ2v) is 8.74. The molecule has 2 fully saturated rings. The van der Waals surface area contributed by atoms with E-state index in [-0.39, 0.29) is 12.0 Å². The fraction of sp³-hybridized carbons (Fsp3) is 0.647. The average Bonchev–Trinajstić information content (AvgIpc) is 3.30. The molecule has 2 aliphatic heterocycles. The van der Waals surface area contributed by atoms with Crippen molar-refractivity contribution in [2.75, 3.05) is 39.3 Å². The number of aliphatic imine (C=N–C) groups is 1. The summed E-state index contributed by atoms with van der Waals surface area (Å²) >= 11 is 5.20. The fourth-order valence-corrected chi connectivity index (χ4v) is 4.54. The van der Waals surface area contributed by atoms with E-state index in [4.69, 9.17) is 9.73 Å². The maximum atomic E-state index is 12.4. The summed E-state index contributed by atoms with van der Waals surface area (Å²) in [6.07, 6.45) is 1.64. The Bertz CT molecular complexity index is 608. The number of nitrogens with zero attached hydrogens (tertiary/aromatic N) is 3. The number of piperazine rings is 1. The van der Waals surface area contributed by atoms with E-state index in [1.165, 1.54) is 4.88 Å². The molecule has 6 nitrogen and oxygen atoms in total. The molecule has 1 aromatic heterocycles. The smallest absolute Gasteiger partial charge is 0.251 e. The fourth-order valence-electron chi connectivity index (χ4n) is 3.13. The first-order valence-corrected chi connectivity index (χ1v) is 10.5. The van der Waals surface area contributed by atoms with E-state index in [0.29, 0.717) is 13.2 Å². The first-order valence-electron chi connectivity index (χ1n) is 8.85. The number of halogens is 1. The topological polar surface area (TPSA) is 57.2 Å². The summed E-state index contributed by atoms with van der Waals surface area (Å²) in [7, 11) is 0. The summed E-state index contributed by atoms with van der Waals surface area (Å²) in [5.74, 6) is 1.08. The standard InChI is InChI=1S/C17H25BrN4O2S/c1-2-19-17(20-12-13-5-6-15(18)25-13)22-9-7-21(8-10-22)16(23)14-4-3-11-24-14/h5-6,14H,2-4,7-12H2,1H3,(H,19,20). The number of carbonyl (C=O) groups excluding carboxylic acids is 1. The minimum atomic E-state index is -0.217. The van der Waals surface area contributed by atoms with Gasteiger partial charge < -0.3 is 19.9 Å². The van der Waals surface area contributed by atoms with Crippen LogP contribution in [0.4, 0.5) is 0 Å². The van der Waals surface area contributed by atoms with Crippen molar-refractivity contribution in [2.24, 2.45) is 4.99 Å². The number of nitrogens with one attached hydrogen (secondary N) is 1. The molecule has 1 unspecified atom stereocenters. The Balaban J connectivity index is 1.55. The van der Waals surface area contributed by atoms with E-state index in [0.717, 1.165) is 55.3 Å². The normalized spacial score (nSPS) is 21.7. The maximum Gasteiger partial charge on any atom is 0.251 e. The molecule has 8 heteroatoms. The van der Waals surface area contributed by atoms with Gasteiger partial charge in [-0.2, -0.15) is 0 Å². The van der Waals surface area contributed by atoms with Gasteiger partial charge in [-0.15, -0.1) is 11.3 Å². The van der Waals surface area contributed by atoms with Crippen molar-refractivity contribution in [3.63, 3.8) is 0 Å². The number of thiophene rings is 1. The molecule has 0 aliphatic carbocycles. The summed E-state index contributed by atoms with van der Waals surface area (Å²) in [5, 5.41) is 3.37. The Labute approximate surface area is 161 Å². The van der Waals surface area contributed by atoms with E-state index < -0.39 is 0 Å². The molecule has 1 aromatic rings. The molecule has 25 heavy (non-hydrogen) atoms. The second-order valence-electron chi connectivity index (χ2n) is 6.19. The molecule has 1 amide bonds. The molecule has 138 valence electrons. The van der Waals surface area contributed by atoms with Crippen LogP contribution < -0.4 is 5.32 Å². The van der Waals surface area contributed by atoms with Crippen molar-refractivity contribution in [3.05, 3.63) is 20.8 Å². The van der Waals surface area contributed by atoms with Crippen LogP contribution in [0.1, 0.15) is 24.6 Å². The third kappa shape index (κ3) is 4.95. The SMILES string of the molecule is CCNC(=NCc1ccc(Br)s1)N1CCN(C(=O)C2CCCO2)CC1. The Morgan fingerprint density at radius 3 is 2.72 bits per heavy atom. The molecule has 1 atom stereocenters. The lowest BCUT2D eigenvalue weighted by molar-refractivity contribution is -0.142. The average molecular weight is 429 g/mol. The van der Waals surface area contributed by atoms with E-state index in [2.05, 4.69) is 45.2 Å². The van der Waals surface area contributed by atoms with Crippen molar-refractivity contribution in [1.82, 2.24) is 15.1 Å². The van der Waals surface area contributed by atoms with E-state index >= 15 is 0 Å². The van der Waals surface area contributed by atoms with Crippen LogP contribution in [0.5, 0.6) is 0 Å². The summed E-state index contributed by atoms with van der Waals surface area (Å²) in [6, 6.07) is 4.15. The molecular weight excluding hydrogens is 404 g/mol. The number of carbonyl (C=O) groups is 1. The molecule has 3 rings (SSSR count). The van der Waals surface area contributed by atoms with E-state index in [1.807, 2.05) is 4.90 Å². The maximum absolute atomic E-state index is 12.4. The Morgan fingerprint density at radius 2 is 2.12 bits per heavy atom. The zero-order valence-electron chi connectivity index (χ0n) is 14.5. The van der Waals surface area contributed by atoms with Gasteiger partial charge in [-0.1, -0.05) is 0 Å². The molecule has 0 bridgehead atoms. The number of guanidine groups is 1. The highest BCUT2D eigenvalue weighted by Crippen LogP contribution is 2.22. The third-order valence-electron chi connectivity index (χ3n) is 4.44. The third-order valence-corrected chi connectivity index (χ3v) is 6.05. The van der Waals surface area contributed by atoms with Gasteiger partial charge >= 0.3 is 0 Å². The van der Waals surface area contributed by atoms with Crippen LogP contribution in [0.15, 0.2) is 20.9 Å². The Morgan fingerprint density at radius 1 is 1.36 bits per heavy atom. The van der Waals surface area contributed by atoms with Crippen LogP contribution in [-0.2, 0) is 16.1 Å². The zero-order valence-corrected chi connectivity index (χ0v) is 16.9. The lowest BCUT2D eigenvalue weighted by Gasteiger charge is -2.37. The van der Waals surface area contributed by atoms with Gasteiger partial charge in [0.15, 0.2) is 5.96 Å². The van der Waals surface area contributed by atoms with Gasteiger partial charge in [-0.25, -0.2) is 4.99 Å². The molecule has 0 radical (unpaired) electrons. The zero-order chi connectivity index (χ0) is 17.6. The summed E-state index contributed by atoms with van der Waals surface area (Å²) in [6.45, 7) is 7.37. The van der Waals surface area contributed by atoms with Crippen LogP contribution in [0.2, 0.25) is 0 Å². The van der Waals surface area contributed by atoms with Gasteiger partial charge in [0.2, 0.25) is 0 Å². The minimum Gasteiger partial charge on any atom is -0.368 e. The second kappa shape index (κ2) is 9.00. The summed E-state index contributed by atoms with van der Waals surface area (Å²) < 4.78 is 6.66. The van der Waals surface area contributed by atoms with Gasteiger partial charge in [0.05, 0.1) is 10.3 Å². The monoisotopic (exact) mass is 428 g/mol. The number of ether oxygens (including phenoxy) is 1. The minimum absolute atomic E-state index is 0.155. The van der Waals surface area contributed by atoms with Crippen molar-refractivity contribution in [2.45, 2.75) is 32.4 Å². The number of amides is 1. The van der Waals surface area contributed by atoms with Crippen molar-refractivity contribution >= 4 is 39.1 Å². The van der Waals surface area contributed by atoms with Crippen LogP contribution >= 0.6 is 27.3 Å². The highest BCUT2D eigenvalue weighted by Gasteiger charge is 2.30. The molecule has 2 aliphatic rings. The van der Waals surface area contributed by atoms with Gasteiger partial charge in [-0.05, 0) is 47.8 Å². The summed E-state index contributed by atoms with van der Waals surface area (Å²) in [4.78, 5) is 22.6. The van der Waals surface area contributed by atoms with Crippen LogP contribution in [-0.4, -0.2) is 67.1 Å². The Hall–Kier alpha value is -1.12. The molecule has 3 heterocycles. The highest BCUT2D eigenvalue weighted by molar-refractivity contribution is 9.11. The first-order chi connectivity index (χ1) is 12.2. The lowest BCUT2D eigenvalue weighted by Crippen LogP contribution is -2.55. The predicted octanol–water partition coefficient (Wildman–Crippen LogP) is 2.30. The van der Waals surface area contributed by atoms with Gasteiger partial charge in [0.25, 0.3) is 5.91 Å². The van der Waals surface area contributed by atoms with Crippen molar-refractivity contribution in [3.8, 4) is 0 Å². The largest absolute Gasteiger partial charge is 0.368 e. The van der Waals surface area contributed by atoms with Gasteiger partial charge in [0, 0.05) is 44.2 Å². The molecule has 0 spiro atoms. The number of hydrogen-bond acceptors (Lipinski definition) is 4. The quantitative estimate of drug-likeness (QED) is 0.590. The van der Waals surface area contributed by atoms with Crippen LogP contribution in [0.3, 0.4) is 0 Å². The van der Waals surface area contributed by atoms with Gasteiger partial charge in [-0.3, -0.25) is 4.79 Å².